The summed E-state index contributed by atoms with van der Waals surface area (Å²) in [5.41, 5.74) is 1.06. The molecule has 4 heteroatoms. The van der Waals surface area contributed by atoms with Gasteiger partial charge in [-0.1, -0.05) is 12.1 Å². The molecule has 78 valence electrons. The molecule has 1 aromatic carbocycles. The van der Waals surface area contributed by atoms with Gasteiger partial charge in [0.2, 0.25) is 0 Å². The fourth-order valence-electron chi connectivity index (χ4n) is 1.67. The van der Waals surface area contributed by atoms with Gasteiger partial charge in [0.1, 0.15) is 0 Å². The molecule has 0 aromatic heterocycles. The number of hydrogen-bond acceptors (Lipinski definition) is 3. The van der Waals surface area contributed by atoms with Crippen molar-refractivity contribution in [1.82, 2.24) is 0 Å². The maximum atomic E-state index is 11.2. The second kappa shape index (κ2) is 3.35. The van der Waals surface area contributed by atoms with Gasteiger partial charge in [-0.15, -0.1) is 0 Å². The normalized spacial score (nSPS) is 24.5. The summed E-state index contributed by atoms with van der Waals surface area (Å²) in [4.78, 5) is 0.334. The van der Waals surface area contributed by atoms with Crippen LogP contribution in [-0.2, 0) is 9.84 Å². The summed E-state index contributed by atoms with van der Waals surface area (Å²) >= 11 is 0. The van der Waals surface area contributed by atoms with Gasteiger partial charge in [0, 0.05) is 12.2 Å². The maximum Gasteiger partial charge on any atom is 0.175 e. The summed E-state index contributed by atoms with van der Waals surface area (Å²) in [6, 6.07) is 9.04. The van der Waals surface area contributed by atoms with E-state index in [0.29, 0.717) is 10.8 Å². The van der Waals surface area contributed by atoms with Gasteiger partial charge in [-0.2, -0.15) is 5.26 Å². The van der Waals surface area contributed by atoms with E-state index in [9.17, 15) is 8.42 Å². The van der Waals surface area contributed by atoms with E-state index >= 15 is 0 Å². The lowest BCUT2D eigenvalue weighted by Gasteiger charge is -2.00. The molecule has 1 aliphatic rings. The molecule has 0 spiro atoms. The molecule has 1 saturated carbocycles. The Morgan fingerprint density at radius 3 is 2.33 bits per heavy atom. The van der Waals surface area contributed by atoms with E-state index in [-0.39, 0.29) is 5.92 Å². The van der Waals surface area contributed by atoms with Crippen molar-refractivity contribution in [3.63, 3.8) is 0 Å². The number of nitriles is 1. The van der Waals surface area contributed by atoms with Crippen LogP contribution in [0.25, 0.3) is 0 Å². The minimum absolute atomic E-state index is 0.120. The second-order valence-corrected chi connectivity index (χ2v) is 5.93. The lowest BCUT2D eigenvalue weighted by Crippen LogP contribution is -1.96. The molecule has 1 fully saturated rings. The highest BCUT2D eigenvalue weighted by Gasteiger charge is 2.38. The van der Waals surface area contributed by atoms with E-state index < -0.39 is 9.84 Å². The number of rotatable bonds is 2. The van der Waals surface area contributed by atoms with Gasteiger partial charge in [-0.3, -0.25) is 0 Å². The van der Waals surface area contributed by atoms with Crippen LogP contribution in [0, 0.1) is 17.2 Å². The lowest BCUT2D eigenvalue weighted by molar-refractivity contribution is 0.602. The molecular weight excluding hydrogens is 210 g/mol. The predicted molar refractivity (Wildman–Crippen MR) is 56.0 cm³/mol. The van der Waals surface area contributed by atoms with Crippen LogP contribution in [0.15, 0.2) is 29.2 Å². The third kappa shape index (κ3) is 2.02. The summed E-state index contributed by atoms with van der Waals surface area (Å²) in [5.74, 6) is 0.428. The maximum absolute atomic E-state index is 11.2. The quantitative estimate of drug-likeness (QED) is 0.764. The zero-order chi connectivity index (χ0) is 11.1. The summed E-state index contributed by atoms with van der Waals surface area (Å²) in [6.07, 6.45) is 2.09. The molecule has 0 bridgehead atoms. The summed E-state index contributed by atoms with van der Waals surface area (Å²) in [6.45, 7) is 0. The molecule has 0 aliphatic heterocycles. The third-order valence-electron chi connectivity index (χ3n) is 2.69. The largest absolute Gasteiger partial charge is 0.224 e. The molecule has 2 atom stereocenters. The van der Waals surface area contributed by atoms with Crippen molar-refractivity contribution in [2.75, 3.05) is 6.26 Å². The smallest absolute Gasteiger partial charge is 0.175 e. The summed E-state index contributed by atoms with van der Waals surface area (Å²) < 4.78 is 22.4. The Bertz CT molecular complexity index is 511. The first-order valence-electron chi connectivity index (χ1n) is 4.72. The van der Waals surface area contributed by atoms with Crippen molar-refractivity contribution < 1.29 is 8.42 Å². The van der Waals surface area contributed by atoms with E-state index in [2.05, 4.69) is 6.07 Å². The Kier molecular flexibility index (Phi) is 2.28. The van der Waals surface area contributed by atoms with Gasteiger partial charge >= 0.3 is 0 Å². The molecule has 3 nitrogen and oxygen atoms in total. The van der Waals surface area contributed by atoms with Crippen LogP contribution in [0.4, 0.5) is 0 Å². The van der Waals surface area contributed by atoms with Crippen LogP contribution in [0.3, 0.4) is 0 Å². The standard InChI is InChI=1S/C11H11NO2S/c1-15(13,14)10-4-2-8(3-5-10)11-6-9(11)7-12/h2-5,9,11H,6H2,1H3. The fourth-order valence-corrected chi connectivity index (χ4v) is 2.30. The highest BCUT2D eigenvalue weighted by molar-refractivity contribution is 7.90. The van der Waals surface area contributed by atoms with Crippen molar-refractivity contribution in [3.05, 3.63) is 29.8 Å². The first-order chi connectivity index (χ1) is 7.02. The zero-order valence-corrected chi connectivity index (χ0v) is 9.16. The van der Waals surface area contributed by atoms with Gasteiger partial charge in [0.15, 0.2) is 9.84 Å². The van der Waals surface area contributed by atoms with Gasteiger partial charge in [0.05, 0.1) is 16.9 Å². The van der Waals surface area contributed by atoms with Crippen molar-refractivity contribution in [1.29, 1.82) is 5.26 Å². The number of hydrogen-bond donors (Lipinski definition) is 0. The summed E-state index contributed by atoms with van der Waals surface area (Å²) in [7, 11) is -3.11. The Labute approximate surface area is 89.3 Å². The molecule has 2 rings (SSSR count). The highest BCUT2D eigenvalue weighted by atomic mass is 32.2. The SMILES string of the molecule is CS(=O)(=O)c1ccc(C2CC2C#N)cc1. The monoisotopic (exact) mass is 221 g/mol. The van der Waals surface area contributed by atoms with Gasteiger partial charge in [0.25, 0.3) is 0 Å². The molecule has 0 radical (unpaired) electrons. The minimum atomic E-state index is -3.11. The average molecular weight is 221 g/mol. The van der Waals surface area contributed by atoms with Crippen molar-refractivity contribution >= 4 is 9.84 Å². The van der Waals surface area contributed by atoms with Gasteiger partial charge in [-0.05, 0) is 24.1 Å². The Morgan fingerprint density at radius 1 is 1.33 bits per heavy atom. The Morgan fingerprint density at radius 2 is 1.93 bits per heavy atom. The molecule has 1 aliphatic carbocycles. The number of benzene rings is 1. The van der Waals surface area contributed by atoms with E-state index in [0.717, 1.165) is 12.0 Å². The molecule has 0 heterocycles. The van der Waals surface area contributed by atoms with Crippen LogP contribution in [0.1, 0.15) is 17.9 Å². The fraction of sp³-hybridized carbons (Fsp3) is 0.364. The van der Waals surface area contributed by atoms with Gasteiger partial charge < -0.3 is 0 Å². The van der Waals surface area contributed by atoms with Crippen LogP contribution in [-0.4, -0.2) is 14.7 Å². The van der Waals surface area contributed by atoms with E-state index in [4.69, 9.17) is 5.26 Å². The van der Waals surface area contributed by atoms with Crippen LogP contribution in [0.5, 0.6) is 0 Å². The van der Waals surface area contributed by atoms with Crippen molar-refractivity contribution in [3.8, 4) is 6.07 Å². The molecule has 2 unspecified atom stereocenters. The van der Waals surface area contributed by atoms with Crippen LogP contribution < -0.4 is 0 Å². The van der Waals surface area contributed by atoms with Crippen molar-refractivity contribution in [2.24, 2.45) is 5.92 Å². The topological polar surface area (TPSA) is 57.9 Å². The van der Waals surface area contributed by atoms with Gasteiger partial charge in [-0.25, -0.2) is 8.42 Å². The molecular formula is C11H11NO2S. The van der Waals surface area contributed by atoms with Crippen LogP contribution in [0.2, 0.25) is 0 Å². The third-order valence-corrected chi connectivity index (χ3v) is 3.82. The van der Waals surface area contributed by atoms with Crippen molar-refractivity contribution in [2.45, 2.75) is 17.2 Å². The van der Waals surface area contributed by atoms with Crippen LogP contribution >= 0.6 is 0 Å². The zero-order valence-electron chi connectivity index (χ0n) is 8.34. The molecule has 15 heavy (non-hydrogen) atoms. The van der Waals surface area contributed by atoms with E-state index in [1.54, 1.807) is 24.3 Å². The minimum Gasteiger partial charge on any atom is -0.224 e. The second-order valence-electron chi connectivity index (χ2n) is 3.92. The molecule has 0 N–H and O–H groups in total. The molecule has 1 aromatic rings. The summed E-state index contributed by atoms with van der Waals surface area (Å²) in [5, 5.41) is 8.68. The molecule has 0 saturated heterocycles. The lowest BCUT2D eigenvalue weighted by atomic mass is 10.1. The first-order valence-corrected chi connectivity index (χ1v) is 6.61. The Hall–Kier alpha value is -1.34. The predicted octanol–water partition coefficient (Wildman–Crippen LogP) is 1.72. The number of nitrogens with zero attached hydrogens (tertiary/aromatic N) is 1. The Balaban J connectivity index is 2.24. The van der Waals surface area contributed by atoms with E-state index in [1.807, 2.05) is 0 Å². The molecule has 0 amide bonds. The average Bonchev–Trinajstić information content (AvgIpc) is 2.95. The first kappa shape index (κ1) is 10.2. The highest BCUT2D eigenvalue weighted by Crippen LogP contribution is 2.46. The van der Waals surface area contributed by atoms with E-state index in [1.165, 1.54) is 6.26 Å². The number of sulfone groups is 1.